The van der Waals surface area contributed by atoms with Crippen molar-refractivity contribution in [3.05, 3.63) is 24.3 Å². The van der Waals surface area contributed by atoms with Gasteiger partial charge in [0, 0.05) is 6.42 Å². The van der Waals surface area contributed by atoms with Crippen molar-refractivity contribution in [1.29, 1.82) is 0 Å². The summed E-state index contributed by atoms with van der Waals surface area (Å²) in [6.07, 6.45) is 73.2. The van der Waals surface area contributed by atoms with Crippen LogP contribution >= 0.6 is 0 Å². The Morgan fingerprint density at radius 1 is 0.381 bits per heavy atom. The molecule has 2 atom stereocenters. The van der Waals surface area contributed by atoms with Crippen molar-refractivity contribution in [1.82, 2.24) is 5.32 Å². The Morgan fingerprint density at radius 3 is 0.952 bits per heavy atom. The zero-order chi connectivity index (χ0) is 45.6. The van der Waals surface area contributed by atoms with E-state index in [2.05, 4.69) is 43.5 Å². The predicted octanol–water partition coefficient (Wildman–Crippen LogP) is 19.1. The van der Waals surface area contributed by atoms with E-state index in [1.807, 2.05) is 0 Å². The maximum absolute atomic E-state index is 12.5. The van der Waals surface area contributed by atoms with Gasteiger partial charge >= 0.3 is 0 Å². The molecular formula is C59H115NO3. The van der Waals surface area contributed by atoms with E-state index < -0.39 is 12.1 Å². The van der Waals surface area contributed by atoms with Crippen molar-refractivity contribution >= 4 is 5.91 Å². The highest BCUT2D eigenvalue weighted by molar-refractivity contribution is 5.76. The van der Waals surface area contributed by atoms with Crippen LogP contribution in [-0.2, 0) is 4.79 Å². The van der Waals surface area contributed by atoms with Gasteiger partial charge in [-0.3, -0.25) is 4.79 Å². The highest BCUT2D eigenvalue weighted by Gasteiger charge is 2.20. The standard InChI is InChI=1S/C59H115NO3/c1-3-5-7-9-11-13-15-17-19-21-23-25-26-27-28-29-30-31-32-33-34-35-37-39-41-43-45-47-49-51-53-55-59(63)60-57(56-61)58(62)54-52-50-48-46-44-42-40-38-36-24-22-20-18-16-14-12-10-8-6-4-2/h23,25,27-28,57-58,61-62H,3-22,24,26,29-56H2,1-2H3,(H,60,63)/b25-23-,28-27-. The monoisotopic (exact) mass is 886 g/mol. The Morgan fingerprint density at radius 2 is 0.651 bits per heavy atom. The van der Waals surface area contributed by atoms with Crippen LogP contribution in [0.25, 0.3) is 0 Å². The molecule has 0 aromatic heterocycles. The summed E-state index contributed by atoms with van der Waals surface area (Å²) in [4.78, 5) is 12.5. The predicted molar refractivity (Wildman–Crippen MR) is 281 cm³/mol. The Kier molecular flexibility index (Phi) is 54.2. The molecule has 374 valence electrons. The number of hydrogen-bond donors (Lipinski definition) is 3. The number of carbonyl (C=O) groups is 1. The Hall–Kier alpha value is -1.13. The molecular weight excluding hydrogens is 771 g/mol. The fourth-order valence-corrected chi connectivity index (χ4v) is 9.28. The Labute approximate surface area is 396 Å². The topological polar surface area (TPSA) is 69.6 Å². The summed E-state index contributed by atoms with van der Waals surface area (Å²) in [5, 5.41) is 23.3. The smallest absolute Gasteiger partial charge is 0.220 e. The number of carbonyl (C=O) groups excluding carboxylic acids is 1. The molecule has 0 rings (SSSR count). The first kappa shape index (κ1) is 61.9. The lowest BCUT2D eigenvalue weighted by atomic mass is 10.0. The van der Waals surface area contributed by atoms with Crippen molar-refractivity contribution in [3.63, 3.8) is 0 Å². The Bertz CT molecular complexity index is 916. The second-order valence-electron chi connectivity index (χ2n) is 20.1. The van der Waals surface area contributed by atoms with Gasteiger partial charge in [0.25, 0.3) is 0 Å². The summed E-state index contributed by atoms with van der Waals surface area (Å²) in [6.45, 7) is 4.39. The van der Waals surface area contributed by atoms with Crippen LogP contribution < -0.4 is 5.32 Å². The molecule has 0 aliphatic heterocycles. The van der Waals surface area contributed by atoms with Crippen LogP contribution in [0.3, 0.4) is 0 Å². The highest BCUT2D eigenvalue weighted by atomic mass is 16.3. The molecule has 0 bridgehead atoms. The van der Waals surface area contributed by atoms with Crippen LogP contribution in [0, 0.1) is 0 Å². The number of amides is 1. The summed E-state index contributed by atoms with van der Waals surface area (Å²) in [6, 6.07) is -0.535. The molecule has 4 heteroatoms. The molecule has 0 aliphatic rings. The number of unbranched alkanes of at least 4 members (excludes halogenated alkanes) is 43. The lowest BCUT2D eigenvalue weighted by molar-refractivity contribution is -0.123. The molecule has 0 heterocycles. The molecule has 0 aromatic rings. The van der Waals surface area contributed by atoms with Gasteiger partial charge in [0.1, 0.15) is 0 Å². The molecule has 0 aliphatic carbocycles. The summed E-state index contributed by atoms with van der Waals surface area (Å²) < 4.78 is 0. The van der Waals surface area contributed by atoms with E-state index >= 15 is 0 Å². The molecule has 0 saturated carbocycles. The van der Waals surface area contributed by atoms with E-state index in [1.165, 1.54) is 270 Å². The lowest BCUT2D eigenvalue weighted by Gasteiger charge is -2.22. The number of hydrogen-bond acceptors (Lipinski definition) is 3. The maximum Gasteiger partial charge on any atom is 0.220 e. The van der Waals surface area contributed by atoms with E-state index in [1.54, 1.807) is 0 Å². The van der Waals surface area contributed by atoms with Crippen LogP contribution in [0.1, 0.15) is 328 Å². The van der Waals surface area contributed by atoms with Gasteiger partial charge in [0.05, 0.1) is 18.8 Å². The Balaban J connectivity index is 3.43. The van der Waals surface area contributed by atoms with Gasteiger partial charge < -0.3 is 15.5 Å². The van der Waals surface area contributed by atoms with Gasteiger partial charge in [0.15, 0.2) is 0 Å². The van der Waals surface area contributed by atoms with E-state index in [0.29, 0.717) is 12.8 Å². The average molecular weight is 887 g/mol. The first-order valence-corrected chi connectivity index (χ1v) is 29.0. The highest BCUT2D eigenvalue weighted by Crippen LogP contribution is 2.18. The van der Waals surface area contributed by atoms with Crippen LogP contribution in [0.4, 0.5) is 0 Å². The minimum atomic E-state index is -0.658. The van der Waals surface area contributed by atoms with Crippen molar-refractivity contribution in [2.24, 2.45) is 0 Å². The van der Waals surface area contributed by atoms with Crippen molar-refractivity contribution < 1.29 is 15.0 Å². The van der Waals surface area contributed by atoms with Gasteiger partial charge in [-0.25, -0.2) is 0 Å². The molecule has 0 fully saturated rings. The normalized spacial score (nSPS) is 12.9. The largest absolute Gasteiger partial charge is 0.394 e. The van der Waals surface area contributed by atoms with Crippen LogP contribution in [-0.4, -0.2) is 34.9 Å². The number of aliphatic hydroxyl groups is 2. The van der Waals surface area contributed by atoms with E-state index in [9.17, 15) is 15.0 Å². The summed E-state index contributed by atoms with van der Waals surface area (Å²) in [5.74, 6) is -0.0259. The lowest BCUT2D eigenvalue weighted by Crippen LogP contribution is -2.45. The zero-order valence-corrected chi connectivity index (χ0v) is 43.1. The first-order valence-electron chi connectivity index (χ1n) is 29.0. The number of allylic oxidation sites excluding steroid dienone is 4. The molecule has 0 radical (unpaired) electrons. The minimum Gasteiger partial charge on any atom is -0.394 e. The second kappa shape index (κ2) is 55.2. The number of nitrogens with one attached hydrogen (secondary N) is 1. The molecule has 0 spiro atoms. The molecule has 1 amide bonds. The minimum absolute atomic E-state index is 0.0259. The van der Waals surface area contributed by atoms with Crippen LogP contribution in [0.2, 0.25) is 0 Å². The number of rotatable bonds is 54. The third-order valence-electron chi connectivity index (χ3n) is 13.7. The van der Waals surface area contributed by atoms with E-state index in [0.717, 1.165) is 32.1 Å². The number of aliphatic hydroxyl groups excluding tert-OH is 2. The summed E-state index contributed by atoms with van der Waals surface area (Å²) >= 11 is 0. The maximum atomic E-state index is 12.5. The molecule has 63 heavy (non-hydrogen) atoms. The fourth-order valence-electron chi connectivity index (χ4n) is 9.28. The first-order chi connectivity index (χ1) is 31.2. The van der Waals surface area contributed by atoms with Crippen molar-refractivity contribution in [3.8, 4) is 0 Å². The fraction of sp³-hybridized carbons (Fsp3) is 0.915. The third-order valence-corrected chi connectivity index (χ3v) is 13.7. The molecule has 0 aromatic carbocycles. The van der Waals surface area contributed by atoms with Crippen LogP contribution in [0.15, 0.2) is 24.3 Å². The van der Waals surface area contributed by atoms with Crippen molar-refractivity contribution in [2.45, 2.75) is 341 Å². The quantitative estimate of drug-likeness (QED) is 0.0421. The molecule has 4 nitrogen and oxygen atoms in total. The van der Waals surface area contributed by atoms with Gasteiger partial charge in [0.2, 0.25) is 5.91 Å². The van der Waals surface area contributed by atoms with E-state index in [-0.39, 0.29) is 12.5 Å². The van der Waals surface area contributed by atoms with Crippen LogP contribution in [0.5, 0.6) is 0 Å². The van der Waals surface area contributed by atoms with Gasteiger partial charge in [-0.2, -0.15) is 0 Å². The summed E-state index contributed by atoms with van der Waals surface area (Å²) in [7, 11) is 0. The molecule has 3 N–H and O–H groups in total. The van der Waals surface area contributed by atoms with Gasteiger partial charge in [-0.05, 0) is 44.9 Å². The van der Waals surface area contributed by atoms with Gasteiger partial charge in [-0.1, -0.05) is 301 Å². The SMILES string of the molecule is CCCCCCCCCCC/C=C\C/C=C\CCCCCCCCCCCCCCCCCC(=O)NC(CO)C(O)CCCCCCCCCCCCCCCCCCCCCC. The van der Waals surface area contributed by atoms with Crippen molar-refractivity contribution in [2.75, 3.05) is 6.61 Å². The zero-order valence-electron chi connectivity index (χ0n) is 43.1. The third kappa shape index (κ3) is 51.7. The average Bonchev–Trinajstić information content (AvgIpc) is 3.29. The molecule has 0 saturated heterocycles. The van der Waals surface area contributed by atoms with E-state index in [4.69, 9.17) is 0 Å². The molecule has 2 unspecified atom stereocenters. The van der Waals surface area contributed by atoms with Gasteiger partial charge in [-0.15, -0.1) is 0 Å². The summed E-state index contributed by atoms with van der Waals surface area (Å²) in [5.41, 5.74) is 0. The second-order valence-corrected chi connectivity index (χ2v) is 20.1.